The summed E-state index contributed by atoms with van der Waals surface area (Å²) >= 11 is 3.24. The highest BCUT2D eigenvalue weighted by Crippen LogP contribution is 2.11. The number of carbonyl (C=O) groups is 1. The first-order valence-corrected chi connectivity index (χ1v) is 7.76. The summed E-state index contributed by atoms with van der Waals surface area (Å²) in [4.78, 5) is 11.2. The highest BCUT2D eigenvalue weighted by atomic mass is 79.9. The molecule has 5 nitrogen and oxygen atoms in total. The van der Waals surface area contributed by atoms with Crippen LogP contribution in [0.5, 0.6) is 0 Å². The van der Waals surface area contributed by atoms with Crippen molar-refractivity contribution in [3.8, 4) is 0 Å². The maximum absolute atomic E-state index is 11.5. The Bertz CT molecular complexity index is 317. The summed E-state index contributed by atoms with van der Waals surface area (Å²) in [6.07, 6.45) is 0. The molecule has 0 aliphatic rings. The summed E-state index contributed by atoms with van der Waals surface area (Å²) in [6.45, 7) is 6.03. The van der Waals surface area contributed by atoms with Crippen LogP contribution in [0.15, 0.2) is 0 Å². The molecule has 0 bridgehead atoms. The second kappa shape index (κ2) is 7.24. The minimum absolute atomic E-state index is 0.0929. The molecular weight excluding hydrogens is 296 g/mol. The van der Waals surface area contributed by atoms with E-state index in [1.54, 1.807) is 6.92 Å². The Morgan fingerprint density at radius 3 is 2.38 bits per heavy atom. The lowest BCUT2D eigenvalue weighted by Gasteiger charge is -2.13. The van der Waals surface area contributed by atoms with E-state index in [0.29, 0.717) is 6.54 Å². The first kappa shape index (κ1) is 15.9. The zero-order valence-electron chi connectivity index (χ0n) is 9.79. The number of sulfonamides is 1. The van der Waals surface area contributed by atoms with Gasteiger partial charge in [-0.05, 0) is 5.92 Å². The highest BCUT2D eigenvalue weighted by molar-refractivity contribution is 9.10. The number of hydrogen-bond donors (Lipinski definition) is 2. The summed E-state index contributed by atoms with van der Waals surface area (Å²) in [7, 11) is -3.25. The molecule has 2 N–H and O–H groups in total. The number of alkyl halides is 1. The van der Waals surface area contributed by atoms with Gasteiger partial charge < -0.3 is 5.32 Å². The van der Waals surface area contributed by atoms with Crippen molar-refractivity contribution >= 4 is 31.9 Å². The maximum Gasteiger partial charge on any atom is 0.234 e. The van der Waals surface area contributed by atoms with E-state index in [1.165, 1.54) is 0 Å². The van der Waals surface area contributed by atoms with E-state index in [1.807, 2.05) is 13.8 Å². The van der Waals surface area contributed by atoms with Gasteiger partial charge in [-0.15, -0.1) is 0 Å². The smallest absolute Gasteiger partial charge is 0.234 e. The van der Waals surface area contributed by atoms with Crippen molar-refractivity contribution < 1.29 is 13.2 Å². The third-order valence-electron chi connectivity index (χ3n) is 1.87. The summed E-state index contributed by atoms with van der Waals surface area (Å²) in [5.74, 6) is -0.100. The van der Waals surface area contributed by atoms with E-state index in [-0.39, 0.29) is 28.9 Å². The predicted octanol–water partition coefficient (Wildman–Crippen LogP) is 0.461. The van der Waals surface area contributed by atoms with Crippen LogP contribution in [0.2, 0.25) is 0 Å². The first-order valence-electron chi connectivity index (χ1n) is 5.19. The Morgan fingerprint density at radius 1 is 1.38 bits per heavy atom. The SMILES string of the molecule is CCNS(=O)(=O)CCNC(=O)C(Br)C(C)C. The molecule has 0 aliphatic carbocycles. The largest absolute Gasteiger partial charge is 0.354 e. The van der Waals surface area contributed by atoms with Gasteiger partial charge in [0.2, 0.25) is 15.9 Å². The van der Waals surface area contributed by atoms with E-state index in [9.17, 15) is 13.2 Å². The van der Waals surface area contributed by atoms with Gasteiger partial charge >= 0.3 is 0 Å². The fourth-order valence-corrected chi connectivity index (χ4v) is 2.12. The Hall–Kier alpha value is -0.140. The van der Waals surface area contributed by atoms with E-state index >= 15 is 0 Å². The first-order chi connectivity index (χ1) is 7.30. The topological polar surface area (TPSA) is 75.3 Å². The van der Waals surface area contributed by atoms with Gasteiger partial charge in [0.05, 0.1) is 10.6 Å². The molecule has 0 aromatic carbocycles. The second-order valence-electron chi connectivity index (χ2n) is 3.75. The number of nitrogens with one attached hydrogen (secondary N) is 2. The normalized spacial score (nSPS) is 13.8. The molecule has 1 unspecified atom stereocenters. The number of carbonyl (C=O) groups excluding carboxylic acids is 1. The third-order valence-corrected chi connectivity index (χ3v) is 4.81. The van der Waals surface area contributed by atoms with Gasteiger partial charge in [0, 0.05) is 13.1 Å². The van der Waals surface area contributed by atoms with Gasteiger partial charge in [0.25, 0.3) is 0 Å². The van der Waals surface area contributed by atoms with Crippen LogP contribution in [-0.2, 0) is 14.8 Å². The van der Waals surface area contributed by atoms with E-state index < -0.39 is 10.0 Å². The van der Waals surface area contributed by atoms with Gasteiger partial charge in [-0.2, -0.15) is 0 Å². The van der Waals surface area contributed by atoms with Gasteiger partial charge in [0.1, 0.15) is 0 Å². The van der Waals surface area contributed by atoms with Crippen LogP contribution >= 0.6 is 15.9 Å². The van der Waals surface area contributed by atoms with Gasteiger partial charge in [-0.1, -0.05) is 36.7 Å². The van der Waals surface area contributed by atoms with Gasteiger partial charge in [-0.3, -0.25) is 4.79 Å². The van der Waals surface area contributed by atoms with Crippen LogP contribution < -0.4 is 10.0 Å². The molecule has 1 amide bonds. The monoisotopic (exact) mass is 314 g/mol. The lowest BCUT2D eigenvalue weighted by atomic mass is 10.1. The number of hydrogen-bond acceptors (Lipinski definition) is 3. The van der Waals surface area contributed by atoms with Crippen LogP contribution in [0, 0.1) is 5.92 Å². The summed E-state index contributed by atoms with van der Waals surface area (Å²) < 4.78 is 24.8. The predicted molar refractivity (Wildman–Crippen MR) is 68.0 cm³/mol. The molecule has 0 aromatic rings. The number of rotatable bonds is 7. The van der Waals surface area contributed by atoms with E-state index in [0.717, 1.165) is 0 Å². The van der Waals surface area contributed by atoms with Crippen molar-refractivity contribution in [3.63, 3.8) is 0 Å². The Morgan fingerprint density at radius 2 is 1.94 bits per heavy atom. The van der Waals surface area contributed by atoms with Crippen molar-refractivity contribution in [2.45, 2.75) is 25.6 Å². The molecule has 16 heavy (non-hydrogen) atoms. The van der Waals surface area contributed by atoms with Crippen LogP contribution in [-0.4, -0.2) is 38.0 Å². The zero-order chi connectivity index (χ0) is 12.8. The van der Waals surface area contributed by atoms with E-state index in [4.69, 9.17) is 0 Å². The molecule has 0 saturated carbocycles. The second-order valence-corrected chi connectivity index (χ2v) is 6.67. The molecule has 0 rings (SSSR count). The Kier molecular flexibility index (Phi) is 7.17. The molecule has 0 radical (unpaired) electrons. The lowest BCUT2D eigenvalue weighted by Crippen LogP contribution is -2.38. The maximum atomic E-state index is 11.5. The van der Waals surface area contributed by atoms with Gasteiger partial charge in [-0.25, -0.2) is 13.1 Å². The number of halogens is 1. The highest BCUT2D eigenvalue weighted by Gasteiger charge is 2.18. The molecular formula is C9H19BrN2O3S. The molecule has 0 heterocycles. The molecule has 0 spiro atoms. The lowest BCUT2D eigenvalue weighted by molar-refractivity contribution is -0.120. The van der Waals surface area contributed by atoms with Crippen LogP contribution in [0.3, 0.4) is 0 Å². The van der Waals surface area contributed by atoms with Crippen molar-refractivity contribution in [3.05, 3.63) is 0 Å². The quantitative estimate of drug-likeness (QED) is 0.670. The number of amides is 1. The van der Waals surface area contributed by atoms with Crippen molar-refractivity contribution in [2.24, 2.45) is 5.92 Å². The Labute approximate surface area is 106 Å². The van der Waals surface area contributed by atoms with Crippen LogP contribution in [0.25, 0.3) is 0 Å². The van der Waals surface area contributed by atoms with E-state index in [2.05, 4.69) is 26.0 Å². The molecule has 0 saturated heterocycles. The fourth-order valence-electron chi connectivity index (χ4n) is 1.00. The average molecular weight is 315 g/mol. The van der Waals surface area contributed by atoms with Crippen LogP contribution in [0.1, 0.15) is 20.8 Å². The van der Waals surface area contributed by atoms with Crippen molar-refractivity contribution in [1.82, 2.24) is 10.0 Å². The molecule has 0 aliphatic heterocycles. The minimum Gasteiger partial charge on any atom is -0.354 e. The molecule has 7 heteroatoms. The molecule has 0 fully saturated rings. The molecule has 96 valence electrons. The van der Waals surface area contributed by atoms with Crippen molar-refractivity contribution in [2.75, 3.05) is 18.8 Å². The Balaban J connectivity index is 3.96. The summed E-state index contributed by atoms with van der Waals surface area (Å²) in [5, 5.41) is 2.57. The summed E-state index contributed by atoms with van der Waals surface area (Å²) in [5.41, 5.74) is 0. The average Bonchev–Trinajstić information content (AvgIpc) is 2.15. The van der Waals surface area contributed by atoms with Crippen LogP contribution in [0.4, 0.5) is 0 Å². The standard InChI is InChI=1S/C9H19BrN2O3S/c1-4-12-16(14,15)6-5-11-9(13)8(10)7(2)3/h7-8,12H,4-6H2,1-3H3,(H,11,13). The zero-order valence-corrected chi connectivity index (χ0v) is 12.2. The van der Waals surface area contributed by atoms with Gasteiger partial charge in [0.15, 0.2) is 0 Å². The fraction of sp³-hybridized carbons (Fsp3) is 0.889. The molecule has 0 aromatic heterocycles. The third kappa shape index (κ3) is 6.44. The summed E-state index contributed by atoms with van der Waals surface area (Å²) in [6, 6.07) is 0. The minimum atomic E-state index is -3.25. The van der Waals surface area contributed by atoms with Crippen molar-refractivity contribution in [1.29, 1.82) is 0 Å². The molecule has 1 atom stereocenters.